The molecule has 0 amide bonds. The van der Waals surface area contributed by atoms with E-state index in [1.165, 1.54) is 5.56 Å². The summed E-state index contributed by atoms with van der Waals surface area (Å²) in [7, 11) is 0. The zero-order valence-electron chi connectivity index (χ0n) is 14.9. The molecule has 0 heterocycles. The van der Waals surface area contributed by atoms with E-state index >= 15 is 0 Å². The number of carbonyl (C=O) groups is 1. The van der Waals surface area contributed by atoms with Crippen LogP contribution in [0.15, 0.2) is 72.8 Å². The first-order valence-electron chi connectivity index (χ1n) is 8.96. The third-order valence-corrected chi connectivity index (χ3v) is 4.45. The molecule has 2 heteroatoms. The molecule has 0 aliphatic rings. The largest absolute Gasteiger partial charge is 0.305 e. The van der Waals surface area contributed by atoms with Crippen LogP contribution in [0.2, 0.25) is 0 Å². The lowest BCUT2D eigenvalue weighted by molar-refractivity contribution is 0.0933. The first-order valence-corrected chi connectivity index (χ1v) is 8.96. The van der Waals surface area contributed by atoms with Crippen molar-refractivity contribution in [3.8, 4) is 0 Å². The summed E-state index contributed by atoms with van der Waals surface area (Å²) in [6, 6.07) is 24.6. The number of fused-ring (bicyclic) bond motifs is 1. The van der Waals surface area contributed by atoms with Crippen LogP contribution in [-0.4, -0.2) is 17.9 Å². The molecule has 0 fully saturated rings. The molecule has 1 atom stereocenters. The van der Waals surface area contributed by atoms with Gasteiger partial charge >= 0.3 is 0 Å². The van der Waals surface area contributed by atoms with Crippen LogP contribution in [-0.2, 0) is 6.42 Å². The van der Waals surface area contributed by atoms with Crippen molar-refractivity contribution < 1.29 is 4.79 Å². The predicted molar refractivity (Wildman–Crippen MR) is 105 cm³/mol. The maximum atomic E-state index is 13.1. The molecule has 0 saturated carbocycles. The molecule has 25 heavy (non-hydrogen) atoms. The van der Waals surface area contributed by atoms with E-state index in [0.29, 0.717) is 0 Å². The molecule has 0 aromatic heterocycles. The Balaban J connectivity index is 1.79. The average Bonchev–Trinajstić information content (AvgIpc) is 2.64. The zero-order valence-corrected chi connectivity index (χ0v) is 14.9. The van der Waals surface area contributed by atoms with Crippen molar-refractivity contribution in [2.24, 2.45) is 0 Å². The Kier molecular flexibility index (Phi) is 5.62. The molecule has 128 valence electrons. The molecule has 0 radical (unpaired) electrons. The van der Waals surface area contributed by atoms with E-state index in [1.807, 2.05) is 48.5 Å². The summed E-state index contributed by atoms with van der Waals surface area (Å²) < 4.78 is 0. The van der Waals surface area contributed by atoms with E-state index < -0.39 is 0 Å². The number of aryl methyl sites for hydroxylation is 1. The first kappa shape index (κ1) is 17.4. The lowest BCUT2D eigenvalue weighted by Crippen LogP contribution is -2.41. The summed E-state index contributed by atoms with van der Waals surface area (Å²) in [5.41, 5.74) is 2.05. The van der Waals surface area contributed by atoms with Gasteiger partial charge < -0.3 is 5.32 Å². The van der Waals surface area contributed by atoms with Crippen LogP contribution in [0.1, 0.15) is 36.2 Å². The monoisotopic (exact) mass is 331 g/mol. The van der Waals surface area contributed by atoms with Crippen molar-refractivity contribution in [3.05, 3.63) is 83.9 Å². The Morgan fingerprint density at radius 2 is 1.56 bits per heavy atom. The van der Waals surface area contributed by atoms with Crippen LogP contribution in [0, 0.1) is 0 Å². The molecule has 0 unspecified atom stereocenters. The minimum atomic E-state index is -0.165. The molecular formula is C23H25NO. The number of Topliss-reactive ketones (excluding diaryl/α,β-unsaturated/α-hetero) is 1. The highest BCUT2D eigenvalue weighted by Gasteiger charge is 2.20. The van der Waals surface area contributed by atoms with Crippen molar-refractivity contribution >= 4 is 16.6 Å². The molecule has 3 aromatic rings. The van der Waals surface area contributed by atoms with Gasteiger partial charge in [-0.1, -0.05) is 80.6 Å². The molecular weight excluding hydrogens is 306 g/mol. The number of rotatable bonds is 7. The molecule has 0 spiro atoms. The van der Waals surface area contributed by atoms with Crippen LogP contribution < -0.4 is 5.32 Å². The Bertz CT molecular complexity index is 839. The summed E-state index contributed by atoms with van der Waals surface area (Å²) in [4.78, 5) is 13.1. The van der Waals surface area contributed by atoms with Crippen molar-refractivity contribution in [3.63, 3.8) is 0 Å². The van der Waals surface area contributed by atoms with Gasteiger partial charge in [-0.3, -0.25) is 4.79 Å². The van der Waals surface area contributed by atoms with Crippen molar-refractivity contribution in [2.45, 2.75) is 38.8 Å². The second-order valence-corrected chi connectivity index (χ2v) is 6.82. The van der Waals surface area contributed by atoms with Gasteiger partial charge in [0.25, 0.3) is 0 Å². The van der Waals surface area contributed by atoms with Crippen LogP contribution in [0.5, 0.6) is 0 Å². The predicted octanol–water partition coefficient (Wildman–Crippen LogP) is 5.02. The highest BCUT2D eigenvalue weighted by Crippen LogP contribution is 2.18. The lowest BCUT2D eigenvalue weighted by Gasteiger charge is -2.20. The molecule has 3 rings (SSSR count). The van der Waals surface area contributed by atoms with Gasteiger partial charge in [0.2, 0.25) is 0 Å². The topological polar surface area (TPSA) is 29.1 Å². The summed E-state index contributed by atoms with van der Waals surface area (Å²) in [5, 5.41) is 5.72. The van der Waals surface area contributed by atoms with Crippen LogP contribution in [0.3, 0.4) is 0 Å². The maximum Gasteiger partial charge on any atom is 0.179 e. The van der Waals surface area contributed by atoms with Gasteiger partial charge in [0.15, 0.2) is 5.78 Å². The van der Waals surface area contributed by atoms with Gasteiger partial charge in [-0.25, -0.2) is 0 Å². The highest BCUT2D eigenvalue weighted by atomic mass is 16.1. The lowest BCUT2D eigenvalue weighted by atomic mass is 9.95. The average molecular weight is 331 g/mol. The quantitative estimate of drug-likeness (QED) is 0.616. The first-order chi connectivity index (χ1) is 12.1. The SMILES string of the molecule is CC(C)N[C@H](CCc1ccccc1)C(=O)c1ccc2ccccc2c1. The van der Waals surface area contributed by atoms with E-state index in [1.54, 1.807) is 0 Å². The number of hydrogen-bond acceptors (Lipinski definition) is 2. The van der Waals surface area contributed by atoms with E-state index in [4.69, 9.17) is 0 Å². The van der Waals surface area contributed by atoms with Crippen LogP contribution >= 0.6 is 0 Å². The Hall–Kier alpha value is -2.45. The highest BCUT2D eigenvalue weighted by molar-refractivity contribution is 6.03. The molecule has 0 aliphatic carbocycles. The number of benzene rings is 3. The van der Waals surface area contributed by atoms with Crippen molar-refractivity contribution in [2.75, 3.05) is 0 Å². The van der Waals surface area contributed by atoms with Gasteiger partial charge in [0, 0.05) is 11.6 Å². The van der Waals surface area contributed by atoms with Crippen molar-refractivity contribution in [1.29, 1.82) is 0 Å². The van der Waals surface area contributed by atoms with Crippen molar-refractivity contribution in [1.82, 2.24) is 5.32 Å². The molecule has 0 saturated heterocycles. The normalized spacial score (nSPS) is 12.4. The zero-order chi connectivity index (χ0) is 17.6. The molecule has 1 N–H and O–H groups in total. The molecule has 0 aliphatic heterocycles. The van der Waals surface area contributed by atoms with Gasteiger partial charge in [0.1, 0.15) is 0 Å². The van der Waals surface area contributed by atoms with Gasteiger partial charge in [-0.15, -0.1) is 0 Å². The molecule has 3 aromatic carbocycles. The van der Waals surface area contributed by atoms with Gasteiger partial charge in [-0.05, 0) is 35.2 Å². The Morgan fingerprint density at radius 3 is 2.28 bits per heavy atom. The van der Waals surface area contributed by atoms with Crippen LogP contribution in [0.4, 0.5) is 0 Å². The second-order valence-electron chi connectivity index (χ2n) is 6.82. The fourth-order valence-electron chi connectivity index (χ4n) is 3.19. The number of nitrogens with one attached hydrogen (secondary N) is 1. The fourth-order valence-corrected chi connectivity index (χ4v) is 3.19. The fraction of sp³-hybridized carbons (Fsp3) is 0.261. The number of hydrogen-bond donors (Lipinski definition) is 1. The van der Waals surface area contributed by atoms with E-state index in [0.717, 1.165) is 29.2 Å². The number of ketones is 1. The Labute approximate surface area is 149 Å². The third-order valence-electron chi connectivity index (χ3n) is 4.45. The third kappa shape index (κ3) is 4.55. The molecule has 2 nitrogen and oxygen atoms in total. The standard InChI is InChI=1S/C23H25NO/c1-17(2)24-22(15-12-18-8-4-3-5-9-18)23(25)21-14-13-19-10-6-7-11-20(19)16-21/h3-11,13-14,16-17,22,24H,12,15H2,1-2H3/t22-/m1/s1. The maximum absolute atomic E-state index is 13.1. The minimum Gasteiger partial charge on any atom is -0.305 e. The summed E-state index contributed by atoms with van der Waals surface area (Å²) >= 11 is 0. The molecule has 0 bridgehead atoms. The van der Waals surface area contributed by atoms with E-state index in [2.05, 4.69) is 43.4 Å². The smallest absolute Gasteiger partial charge is 0.179 e. The number of carbonyl (C=O) groups excluding carboxylic acids is 1. The summed E-state index contributed by atoms with van der Waals surface area (Å²) in [6.45, 7) is 4.17. The van der Waals surface area contributed by atoms with Gasteiger partial charge in [-0.2, -0.15) is 0 Å². The van der Waals surface area contributed by atoms with Crippen LogP contribution in [0.25, 0.3) is 10.8 Å². The summed E-state index contributed by atoms with van der Waals surface area (Å²) in [6.07, 6.45) is 1.69. The Morgan fingerprint density at radius 1 is 0.880 bits per heavy atom. The van der Waals surface area contributed by atoms with E-state index in [-0.39, 0.29) is 17.9 Å². The summed E-state index contributed by atoms with van der Waals surface area (Å²) in [5.74, 6) is 0.176. The minimum absolute atomic E-state index is 0.165. The second kappa shape index (κ2) is 8.09. The van der Waals surface area contributed by atoms with Gasteiger partial charge in [0.05, 0.1) is 6.04 Å². The van der Waals surface area contributed by atoms with E-state index in [9.17, 15) is 4.79 Å².